The molecule has 1 fully saturated rings. The molecule has 150 valence electrons. The first-order valence-electron chi connectivity index (χ1n) is 9.15. The van der Waals surface area contributed by atoms with Crippen molar-refractivity contribution in [2.24, 2.45) is 17.3 Å². The molecule has 3 atom stereocenters. The van der Waals surface area contributed by atoms with Crippen molar-refractivity contribution in [2.75, 3.05) is 7.11 Å². The van der Waals surface area contributed by atoms with E-state index < -0.39 is 29.1 Å². The maximum atomic E-state index is 12.7. The summed E-state index contributed by atoms with van der Waals surface area (Å²) in [4.78, 5) is 36.5. The highest BCUT2D eigenvalue weighted by Crippen LogP contribution is 2.46. The van der Waals surface area contributed by atoms with Gasteiger partial charge in [0.25, 0.3) is 0 Å². The molecule has 0 aromatic heterocycles. The van der Waals surface area contributed by atoms with E-state index in [-0.39, 0.29) is 23.8 Å². The van der Waals surface area contributed by atoms with Gasteiger partial charge in [-0.15, -0.1) is 0 Å². The molecule has 0 aromatic carbocycles. The van der Waals surface area contributed by atoms with Crippen LogP contribution in [0.1, 0.15) is 61.3 Å². The SMILES string of the molecule is COC(=O)C(CC(C)C)NC(=O)[C@H]1C[C@@H](NC(=O)OC(C)(C)C)C1(C)C. The van der Waals surface area contributed by atoms with Crippen LogP contribution in [0.5, 0.6) is 0 Å². The molecule has 26 heavy (non-hydrogen) atoms. The molecule has 0 aromatic rings. The largest absolute Gasteiger partial charge is 0.467 e. The zero-order valence-electron chi connectivity index (χ0n) is 17.3. The topological polar surface area (TPSA) is 93.7 Å². The van der Waals surface area contributed by atoms with E-state index in [1.807, 2.05) is 27.7 Å². The molecule has 0 aliphatic heterocycles. The Hall–Kier alpha value is -1.79. The zero-order chi connectivity index (χ0) is 20.3. The number of methoxy groups -OCH3 is 1. The Bertz CT molecular complexity index is 537. The van der Waals surface area contributed by atoms with Crippen LogP contribution < -0.4 is 10.6 Å². The molecule has 1 unspecified atom stereocenters. The maximum Gasteiger partial charge on any atom is 0.407 e. The fraction of sp³-hybridized carbons (Fsp3) is 0.842. The van der Waals surface area contributed by atoms with Gasteiger partial charge in [0, 0.05) is 12.0 Å². The lowest BCUT2D eigenvalue weighted by molar-refractivity contribution is -0.149. The van der Waals surface area contributed by atoms with Crippen molar-refractivity contribution < 1.29 is 23.9 Å². The van der Waals surface area contributed by atoms with Gasteiger partial charge in [0.1, 0.15) is 11.6 Å². The van der Waals surface area contributed by atoms with Crippen molar-refractivity contribution >= 4 is 18.0 Å². The summed E-state index contributed by atoms with van der Waals surface area (Å²) in [7, 11) is 1.32. The second-order valence-electron chi connectivity index (χ2n) is 9.02. The Morgan fingerprint density at radius 3 is 2.19 bits per heavy atom. The van der Waals surface area contributed by atoms with Gasteiger partial charge < -0.3 is 20.1 Å². The number of amides is 2. The van der Waals surface area contributed by atoms with E-state index in [1.165, 1.54) is 7.11 Å². The minimum atomic E-state index is -0.652. The van der Waals surface area contributed by atoms with Gasteiger partial charge in [-0.25, -0.2) is 9.59 Å². The van der Waals surface area contributed by atoms with E-state index >= 15 is 0 Å². The predicted octanol–water partition coefficient (Wildman–Crippen LogP) is 2.63. The fourth-order valence-corrected chi connectivity index (χ4v) is 3.17. The molecule has 0 saturated heterocycles. The molecule has 7 heteroatoms. The molecule has 2 amide bonds. The molecule has 0 bridgehead atoms. The number of ether oxygens (including phenoxy) is 2. The molecular weight excluding hydrogens is 336 g/mol. The quantitative estimate of drug-likeness (QED) is 0.701. The van der Waals surface area contributed by atoms with Crippen LogP contribution >= 0.6 is 0 Å². The molecule has 1 saturated carbocycles. The van der Waals surface area contributed by atoms with E-state index in [4.69, 9.17) is 9.47 Å². The van der Waals surface area contributed by atoms with Crippen molar-refractivity contribution in [1.29, 1.82) is 0 Å². The van der Waals surface area contributed by atoms with Gasteiger partial charge >= 0.3 is 12.1 Å². The van der Waals surface area contributed by atoms with Gasteiger partial charge in [-0.1, -0.05) is 27.7 Å². The van der Waals surface area contributed by atoms with Crippen molar-refractivity contribution in [1.82, 2.24) is 10.6 Å². The predicted molar refractivity (Wildman–Crippen MR) is 98.4 cm³/mol. The number of hydrogen-bond acceptors (Lipinski definition) is 5. The van der Waals surface area contributed by atoms with Crippen molar-refractivity contribution in [3.05, 3.63) is 0 Å². The minimum absolute atomic E-state index is 0.158. The Morgan fingerprint density at radius 1 is 1.19 bits per heavy atom. The van der Waals surface area contributed by atoms with Gasteiger partial charge in [-0.3, -0.25) is 4.79 Å². The van der Waals surface area contributed by atoms with Crippen LogP contribution in [0.3, 0.4) is 0 Å². The van der Waals surface area contributed by atoms with Crippen LogP contribution in [0.2, 0.25) is 0 Å². The summed E-state index contributed by atoms with van der Waals surface area (Å²) in [6, 6.07) is -0.809. The normalized spacial score (nSPS) is 22.8. The highest BCUT2D eigenvalue weighted by molar-refractivity contribution is 5.87. The van der Waals surface area contributed by atoms with Crippen LogP contribution in [0.25, 0.3) is 0 Å². The van der Waals surface area contributed by atoms with Crippen LogP contribution in [-0.4, -0.2) is 42.8 Å². The third-order valence-electron chi connectivity index (χ3n) is 4.78. The Kier molecular flexibility index (Phi) is 7.08. The Morgan fingerprint density at radius 2 is 1.77 bits per heavy atom. The van der Waals surface area contributed by atoms with Gasteiger partial charge in [0.2, 0.25) is 5.91 Å². The summed E-state index contributed by atoms with van der Waals surface area (Å²) in [5.41, 5.74) is -1.00. The molecular formula is C19H34N2O5. The molecule has 7 nitrogen and oxygen atoms in total. The monoisotopic (exact) mass is 370 g/mol. The fourth-order valence-electron chi connectivity index (χ4n) is 3.17. The van der Waals surface area contributed by atoms with E-state index in [2.05, 4.69) is 10.6 Å². The van der Waals surface area contributed by atoms with Crippen molar-refractivity contribution in [2.45, 2.75) is 79.0 Å². The molecule has 2 N–H and O–H groups in total. The number of rotatable bonds is 6. The van der Waals surface area contributed by atoms with E-state index in [0.717, 1.165) is 0 Å². The maximum absolute atomic E-state index is 12.7. The average molecular weight is 370 g/mol. The molecule has 0 spiro atoms. The Labute approximate surface area is 156 Å². The van der Waals surface area contributed by atoms with Crippen LogP contribution in [0.15, 0.2) is 0 Å². The average Bonchev–Trinajstić information content (AvgIpc) is 2.47. The minimum Gasteiger partial charge on any atom is -0.467 e. The lowest BCUT2D eigenvalue weighted by Gasteiger charge is -2.51. The lowest BCUT2D eigenvalue weighted by atomic mass is 9.58. The van der Waals surface area contributed by atoms with E-state index in [9.17, 15) is 14.4 Å². The third kappa shape index (κ3) is 5.88. The van der Waals surface area contributed by atoms with Crippen molar-refractivity contribution in [3.63, 3.8) is 0 Å². The van der Waals surface area contributed by atoms with Crippen LogP contribution in [0, 0.1) is 17.3 Å². The number of carbonyl (C=O) groups excluding carboxylic acids is 3. The second-order valence-corrected chi connectivity index (χ2v) is 9.02. The van der Waals surface area contributed by atoms with Crippen LogP contribution in [0.4, 0.5) is 4.79 Å². The standard InChI is InChI=1S/C19H34N2O5/c1-11(2)9-13(16(23)25-8)20-15(22)12-10-14(19(12,6)7)21-17(24)26-18(3,4)5/h11-14H,9-10H2,1-8H3,(H,20,22)(H,21,24)/t12-,13?,14-/m1/s1. The zero-order valence-corrected chi connectivity index (χ0v) is 17.3. The summed E-state index contributed by atoms with van der Waals surface area (Å²) in [5.74, 6) is -0.668. The second kappa shape index (κ2) is 8.27. The lowest BCUT2D eigenvalue weighted by Crippen LogP contribution is -2.63. The molecule has 1 rings (SSSR count). The Balaban J connectivity index is 2.66. The number of esters is 1. The number of hydrogen-bond donors (Lipinski definition) is 2. The number of nitrogens with one attached hydrogen (secondary N) is 2. The first-order valence-corrected chi connectivity index (χ1v) is 9.15. The van der Waals surface area contributed by atoms with Crippen LogP contribution in [-0.2, 0) is 19.1 Å². The molecule has 1 aliphatic carbocycles. The first kappa shape index (κ1) is 22.3. The third-order valence-corrected chi connectivity index (χ3v) is 4.78. The summed E-state index contributed by atoms with van der Waals surface area (Å²) in [5, 5.41) is 5.65. The first-order chi connectivity index (χ1) is 11.8. The molecule has 1 aliphatic rings. The number of alkyl carbamates (subject to hydrolysis) is 1. The van der Waals surface area contributed by atoms with Gasteiger partial charge in [-0.05, 0) is 44.9 Å². The summed E-state index contributed by atoms with van der Waals surface area (Å²) in [6.45, 7) is 13.2. The summed E-state index contributed by atoms with van der Waals surface area (Å²) in [6.07, 6.45) is 0.542. The van der Waals surface area contributed by atoms with Gasteiger partial charge in [0.05, 0.1) is 7.11 Å². The van der Waals surface area contributed by atoms with Gasteiger partial charge in [0.15, 0.2) is 0 Å². The van der Waals surface area contributed by atoms with Crippen molar-refractivity contribution in [3.8, 4) is 0 Å². The molecule has 0 radical (unpaired) electrons. The molecule has 0 heterocycles. The van der Waals surface area contributed by atoms with E-state index in [0.29, 0.717) is 12.8 Å². The van der Waals surface area contributed by atoms with E-state index in [1.54, 1.807) is 20.8 Å². The smallest absolute Gasteiger partial charge is 0.407 e. The summed E-state index contributed by atoms with van der Waals surface area (Å²) < 4.78 is 10.1. The number of carbonyl (C=O) groups is 3. The summed E-state index contributed by atoms with van der Waals surface area (Å²) >= 11 is 0. The highest BCUT2D eigenvalue weighted by atomic mass is 16.6. The highest BCUT2D eigenvalue weighted by Gasteiger charge is 2.53. The van der Waals surface area contributed by atoms with Gasteiger partial charge in [-0.2, -0.15) is 0 Å².